The Morgan fingerprint density at radius 3 is 2.54 bits per heavy atom. The highest BCUT2D eigenvalue weighted by molar-refractivity contribution is 5.96. The van der Waals surface area contributed by atoms with Gasteiger partial charge in [0.2, 0.25) is 0 Å². The molecule has 1 N–H and O–H groups in total. The maximum absolute atomic E-state index is 15.6. The fourth-order valence-electron chi connectivity index (χ4n) is 4.80. The van der Waals surface area contributed by atoms with Crippen molar-refractivity contribution >= 4 is 11.5 Å². The largest absolute Gasteiger partial charge is 0.366 e. The number of hydrogen-bond acceptors (Lipinski definition) is 5. The Morgan fingerprint density at radius 2 is 1.91 bits per heavy atom. The maximum Gasteiger partial charge on any atom is 0.175 e. The molecule has 7 nitrogen and oxygen atoms in total. The topological polar surface area (TPSA) is 51.9 Å². The number of nitrogens with one attached hydrogen (secondary N) is 1. The van der Waals surface area contributed by atoms with Gasteiger partial charge in [-0.1, -0.05) is 19.1 Å². The van der Waals surface area contributed by atoms with Crippen molar-refractivity contribution in [3.05, 3.63) is 59.1 Å². The third kappa shape index (κ3) is 5.93. The van der Waals surface area contributed by atoms with Gasteiger partial charge in [-0.2, -0.15) is 0 Å². The number of nitrogens with zero attached hydrogens (tertiary/aromatic N) is 6. The summed E-state index contributed by atoms with van der Waals surface area (Å²) in [4.78, 5) is 16.1. The van der Waals surface area contributed by atoms with Gasteiger partial charge in [-0.25, -0.2) is 9.37 Å². The van der Waals surface area contributed by atoms with Crippen molar-refractivity contribution in [3.8, 4) is 0 Å². The summed E-state index contributed by atoms with van der Waals surface area (Å²) in [5.41, 5.74) is 3.61. The third-order valence-corrected chi connectivity index (χ3v) is 7.15. The van der Waals surface area contributed by atoms with Crippen LogP contribution in [0, 0.1) is 5.82 Å². The smallest absolute Gasteiger partial charge is 0.175 e. The lowest BCUT2D eigenvalue weighted by Crippen LogP contribution is -2.63. The minimum atomic E-state index is -0.0883. The molecule has 35 heavy (non-hydrogen) atoms. The van der Waals surface area contributed by atoms with Crippen LogP contribution >= 0.6 is 0 Å². The number of amidine groups is 1. The summed E-state index contributed by atoms with van der Waals surface area (Å²) in [6, 6.07) is 4.59. The molecule has 0 unspecified atom stereocenters. The van der Waals surface area contributed by atoms with Crippen LogP contribution in [0.1, 0.15) is 37.7 Å². The van der Waals surface area contributed by atoms with E-state index in [4.69, 9.17) is 0 Å². The highest BCUT2D eigenvalue weighted by atomic mass is 19.1. The minimum Gasteiger partial charge on any atom is -0.366 e. The first kappa shape index (κ1) is 25.4. The van der Waals surface area contributed by atoms with E-state index in [1.54, 1.807) is 6.20 Å². The molecule has 0 saturated carbocycles. The van der Waals surface area contributed by atoms with E-state index in [1.807, 2.05) is 49.9 Å². The third-order valence-electron chi connectivity index (χ3n) is 7.15. The first-order valence-corrected chi connectivity index (χ1v) is 12.8. The number of aromatic nitrogens is 2. The zero-order valence-corrected chi connectivity index (χ0v) is 21.9. The molecule has 0 amide bonds. The zero-order valence-electron chi connectivity index (χ0n) is 21.9. The molecule has 0 radical (unpaired) electrons. The van der Waals surface area contributed by atoms with Crippen LogP contribution in [-0.4, -0.2) is 84.1 Å². The number of anilines is 1. The van der Waals surface area contributed by atoms with Crippen LogP contribution in [-0.2, 0) is 19.9 Å². The van der Waals surface area contributed by atoms with Crippen molar-refractivity contribution in [3.63, 3.8) is 0 Å². The molecule has 1 aromatic heterocycles. The molecular formula is C27H40FN7. The Balaban J connectivity index is 1.44. The standard InChI is InChI=1S/C27H40FN7/c1-6-21-16-22(9-8-20(3)31-26(29-7-2)27-30-10-11-33(27)5)25(28)24(17-21)35-18-23(19-35)34-14-12-32(4)13-15-34/h8,10-11,16-17,23H,6-7,9,12-15,18-19H2,1-5H3,(H,29,31)/b20-8-. The fourth-order valence-corrected chi connectivity index (χ4v) is 4.80. The van der Waals surface area contributed by atoms with Crippen molar-refractivity contribution < 1.29 is 4.39 Å². The molecule has 4 rings (SSSR count). The number of imidazole rings is 1. The Hall–Kier alpha value is -2.71. The van der Waals surface area contributed by atoms with E-state index < -0.39 is 0 Å². The summed E-state index contributed by atoms with van der Waals surface area (Å²) >= 11 is 0. The molecule has 2 aromatic rings. The lowest BCUT2D eigenvalue weighted by molar-refractivity contribution is 0.0961. The normalized spacial score (nSPS) is 18.7. The summed E-state index contributed by atoms with van der Waals surface area (Å²) in [5.74, 6) is 1.43. The van der Waals surface area contributed by atoms with Crippen LogP contribution in [0.2, 0.25) is 0 Å². The van der Waals surface area contributed by atoms with E-state index >= 15 is 4.39 Å². The van der Waals surface area contributed by atoms with Gasteiger partial charge in [-0.05, 0) is 50.9 Å². The quantitative estimate of drug-likeness (QED) is 0.464. The number of rotatable bonds is 8. The van der Waals surface area contributed by atoms with Crippen molar-refractivity contribution in [2.24, 2.45) is 12.0 Å². The fraction of sp³-hybridized carbons (Fsp3) is 0.556. The minimum absolute atomic E-state index is 0.0883. The summed E-state index contributed by atoms with van der Waals surface area (Å²) in [5, 5.41) is 3.37. The maximum atomic E-state index is 15.6. The SMILES string of the molecule is CCN=C(N/C(C)=C\Cc1cc(CC)cc(N2CC(N3CCN(C)CC3)C2)c1F)c1nccn1C. The molecule has 1 aromatic carbocycles. The Labute approximate surface area is 209 Å². The molecule has 0 bridgehead atoms. The zero-order chi connectivity index (χ0) is 24.9. The number of benzene rings is 1. The Bertz CT molecular complexity index is 1060. The van der Waals surface area contributed by atoms with E-state index in [-0.39, 0.29) is 5.82 Å². The molecular weight excluding hydrogens is 441 g/mol. The number of halogens is 1. The molecule has 0 spiro atoms. The second kappa shape index (κ2) is 11.4. The molecule has 2 aliphatic rings. The van der Waals surface area contributed by atoms with E-state index in [2.05, 4.69) is 44.0 Å². The van der Waals surface area contributed by atoms with Crippen LogP contribution in [0.15, 0.2) is 41.3 Å². The first-order valence-electron chi connectivity index (χ1n) is 12.8. The van der Waals surface area contributed by atoms with Crippen molar-refractivity contribution in [1.29, 1.82) is 0 Å². The summed E-state index contributed by atoms with van der Waals surface area (Å²) in [7, 11) is 4.13. The highest BCUT2D eigenvalue weighted by Gasteiger charge is 2.34. The van der Waals surface area contributed by atoms with Gasteiger partial charge in [-0.3, -0.25) is 9.89 Å². The van der Waals surface area contributed by atoms with Gasteiger partial charge < -0.3 is 19.7 Å². The van der Waals surface area contributed by atoms with Gasteiger partial charge in [0.1, 0.15) is 5.82 Å². The molecule has 2 fully saturated rings. The highest BCUT2D eigenvalue weighted by Crippen LogP contribution is 2.31. The van der Waals surface area contributed by atoms with Gasteiger partial charge in [0.15, 0.2) is 11.7 Å². The monoisotopic (exact) mass is 481 g/mol. The lowest BCUT2D eigenvalue weighted by atomic mass is 9.99. The van der Waals surface area contributed by atoms with Gasteiger partial charge in [0, 0.05) is 77.0 Å². The first-order chi connectivity index (χ1) is 16.9. The van der Waals surface area contributed by atoms with Gasteiger partial charge in [-0.15, -0.1) is 0 Å². The molecule has 2 aliphatic heterocycles. The number of aryl methyl sites for hydroxylation is 2. The van der Waals surface area contributed by atoms with E-state index in [9.17, 15) is 0 Å². The molecule has 0 aliphatic carbocycles. The number of aliphatic imine (C=N–C) groups is 1. The van der Waals surface area contributed by atoms with Crippen molar-refractivity contribution in [2.45, 2.75) is 39.7 Å². The summed E-state index contributed by atoms with van der Waals surface area (Å²) in [6.45, 7) is 13.0. The van der Waals surface area contributed by atoms with E-state index in [0.717, 1.165) is 74.3 Å². The Kier molecular flexibility index (Phi) is 8.23. The predicted molar refractivity (Wildman–Crippen MR) is 142 cm³/mol. The summed E-state index contributed by atoms with van der Waals surface area (Å²) < 4.78 is 17.6. The van der Waals surface area contributed by atoms with Crippen LogP contribution < -0.4 is 10.2 Å². The predicted octanol–water partition coefficient (Wildman–Crippen LogP) is 3.06. The van der Waals surface area contributed by atoms with Crippen LogP contribution in [0.4, 0.5) is 10.1 Å². The number of hydrogen-bond donors (Lipinski definition) is 1. The summed E-state index contributed by atoms with van der Waals surface area (Å²) in [6.07, 6.45) is 7.13. The lowest BCUT2D eigenvalue weighted by Gasteiger charge is -2.49. The molecule has 0 atom stereocenters. The van der Waals surface area contributed by atoms with Crippen LogP contribution in [0.5, 0.6) is 0 Å². The van der Waals surface area contributed by atoms with E-state index in [0.29, 0.717) is 19.0 Å². The number of allylic oxidation sites excluding steroid dienone is 2. The van der Waals surface area contributed by atoms with Crippen LogP contribution in [0.25, 0.3) is 0 Å². The van der Waals surface area contributed by atoms with Crippen molar-refractivity contribution in [2.75, 3.05) is 57.8 Å². The van der Waals surface area contributed by atoms with Gasteiger partial charge >= 0.3 is 0 Å². The average Bonchev–Trinajstić information content (AvgIpc) is 3.25. The Morgan fingerprint density at radius 1 is 1.17 bits per heavy atom. The van der Waals surface area contributed by atoms with E-state index in [1.165, 1.54) is 5.56 Å². The molecule has 3 heterocycles. The molecule has 190 valence electrons. The number of likely N-dealkylation sites (N-methyl/N-ethyl adjacent to an activating group) is 1. The second-order valence-corrected chi connectivity index (χ2v) is 9.74. The molecule has 2 saturated heterocycles. The van der Waals surface area contributed by atoms with Crippen molar-refractivity contribution in [1.82, 2.24) is 24.7 Å². The number of piperazine rings is 1. The average molecular weight is 482 g/mol. The van der Waals surface area contributed by atoms with Gasteiger partial charge in [0.25, 0.3) is 0 Å². The molecule has 8 heteroatoms. The van der Waals surface area contributed by atoms with Crippen LogP contribution in [0.3, 0.4) is 0 Å². The van der Waals surface area contributed by atoms with Gasteiger partial charge in [0.05, 0.1) is 5.69 Å². The second-order valence-electron chi connectivity index (χ2n) is 9.74.